The fourth-order valence-electron chi connectivity index (χ4n) is 1.53. The second-order valence-corrected chi connectivity index (χ2v) is 6.71. The highest BCUT2D eigenvalue weighted by Gasteiger charge is 2.10. The van der Waals surface area contributed by atoms with Crippen molar-refractivity contribution in [3.05, 3.63) is 48.8 Å². The third kappa shape index (κ3) is 4.26. The molecule has 1 N–H and O–H groups in total. The Morgan fingerprint density at radius 1 is 1.42 bits per heavy atom. The molecule has 100 valence electrons. The third-order valence-corrected chi connectivity index (χ3v) is 4.41. The number of aryl methyl sites for hydroxylation is 1. The first-order valence-corrected chi connectivity index (χ1v) is 7.65. The van der Waals surface area contributed by atoms with E-state index in [9.17, 15) is 4.79 Å². The Labute approximate surface area is 128 Å². The Morgan fingerprint density at radius 2 is 2.11 bits per heavy atom. The van der Waals surface area contributed by atoms with Gasteiger partial charge in [0.15, 0.2) is 3.95 Å². The molecule has 0 spiro atoms. The molecule has 1 heterocycles. The van der Waals surface area contributed by atoms with Gasteiger partial charge in [0.25, 0.3) is 0 Å². The minimum atomic E-state index is -0.240. The largest absolute Gasteiger partial charge is 0.461 e. The number of hydrogen-bond acceptors (Lipinski definition) is 4. The summed E-state index contributed by atoms with van der Waals surface area (Å²) in [4.78, 5) is 15.7. The molecule has 3 nitrogen and oxygen atoms in total. The first kappa shape index (κ1) is 14.4. The van der Waals surface area contributed by atoms with Crippen LogP contribution < -0.4 is 0 Å². The van der Waals surface area contributed by atoms with Crippen molar-refractivity contribution in [2.24, 2.45) is 0 Å². The van der Waals surface area contributed by atoms with Gasteiger partial charge < -0.3 is 9.72 Å². The van der Waals surface area contributed by atoms with E-state index >= 15 is 0 Å². The van der Waals surface area contributed by atoms with Gasteiger partial charge in [-0.2, -0.15) is 0 Å². The molecule has 19 heavy (non-hydrogen) atoms. The maximum absolute atomic E-state index is 11.7. The lowest BCUT2D eigenvalue weighted by Crippen LogP contribution is -2.07. The number of aromatic nitrogens is 1. The number of hydrogen-bond donors (Lipinski definition) is 1. The molecule has 0 saturated carbocycles. The molecule has 0 radical (unpaired) electrons. The van der Waals surface area contributed by atoms with Crippen LogP contribution in [0.5, 0.6) is 0 Å². The molecule has 1 aromatic heterocycles. The summed E-state index contributed by atoms with van der Waals surface area (Å²) in [5.74, 6) is -0.240. The van der Waals surface area contributed by atoms with Gasteiger partial charge in [-0.25, -0.2) is 0 Å². The minimum Gasteiger partial charge on any atom is -0.461 e. The van der Waals surface area contributed by atoms with Crippen LogP contribution in [0.25, 0.3) is 0 Å². The second kappa shape index (κ2) is 6.45. The van der Waals surface area contributed by atoms with E-state index in [0.29, 0.717) is 10.6 Å². The van der Waals surface area contributed by atoms with E-state index in [0.717, 1.165) is 20.6 Å². The molecule has 0 aliphatic heterocycles. The molecule has 0 aliphatic rings. The maximum atomic E-state index is 11.7. The number of carbonyl (C=O) groups excluding carboxylic acids is 1. The zero-order valence-electron chi connectivity index (χ0n) is 10.2. The van der Waals surface area contributed by atoms with Crippen LogP contribution in [0.15, 0.2) is 28.7 Å². The Kier molecular flexibility index (Phi) is 4.90. The van der Waals surface area contributed by atoms with Gasteiger partial charge in [-0.05, 0) is 36.8 Å². The zero-order chi connectivity index (χ0) is 13.8. The van der Waals surface area contributed by atoms with E-state index in [-0.39, 0.29) is 12.4 Å². The molecule has 1 aromatic carbocycles. The molecule has 0 saturated heterocycles. The van der Waals surface area contributed by atoms with Gasteiger partial charge in [-0.15, -0.1) is 11.3 Å². The molecule has 0 bridgehead atoms. The second-order valence-electron chi connectivity index (χ2n) is 4.03. The number of H-pyrrole nitrogens is 1. The maximum Gasteiger partial charge on any atom is 0.311 e. The van der Waals surface area contributed by atoms with Gasteiger partial charge in [-0.3, -0.25) is 4.79 Å². The summed E-state index contributed by atoms with van der Waals surface area (Å²) in [5.41, 5.74) is 1.91. The number of rotatable bonds is 4. The highest BCUT2D eigenvalue weighted by Crippen LogP contribution is 2.16. The average molecular weight is 358 g/mol. The normalized spacial score (nSPS) is 10.4. The summed E-state index contributed by atoms with van der Waals surface area (Å²) in [5, 5.41) is 0. The van der Waals surface area contributed by atoms with Crippen molar-refractivity contribution in [2.75, 3.05) is 0 Å². The fourth-order valence-corrected chi connectivity index (χ4v) is 3.07. The fraction of sp³-hybridized carbons (Fsp3) is 0.231. The molecule has 0 fully saturated rings. The van der Waals surface area contributed by atoms with Crippen LogP contribution in [0, 0.1) is 10.9 Å². The standard InChI is InChI=1S/C13H12BrNO2S2/c1-8-11(19-13(18)15-8)6-12(16)17-7-9-2-4-10(14)5-3-9/h2-5H,6-7H2,1H3,(H,15,18). The van der Waals surface area contributed by atoms with E-state index in [1.165, 1.54) is 11.3 Å². The van der Waals surface area contributed by atoms with E-state index in [2.05, 4.69) is 20.9 Å². The highest BCUT2D eigenvalue weighted by atomic mass is 79.9. The Bertz CT molecular complexity index is 631. The number of carbonyl (C=O) groups is 1. The number of nitrogens with one attached hydrogen (secondary N) is 1. The van der Waals surface area contributed by atoms with Crippen LogP contribution in [0.4, 0.5) is 0 Å². The topological polar surface area (TPSA) is 42.1 Å². The van der Waals surface area contributed by atoms with Crippen LogP contribution in [0.1, 0.15) is 16.1 Å². The van der Waals surface area contributed by atoms with Gasteiger partial charge in [-0.1, -0.05) is 28.1 Å². The van der Waals surface area contributed by atoms with Gasteiger partial charge in [0.1, 0.15) is 6.61 Å². The number of esters is 1. The quantitative estimate of drug-likeness (QED) is 0.659. The monoisotopic (exact) mass is 357 g/mol. The van der Waals surface area contributed by atoms with Crippen molar-refractivity contribution < 1.29 is 9.53 Å². The number of ether oxygens (including phenoxy) is 1. The Morgan fingerprint density at radius 3 is 2.68 bits per heavy atom. The molecular formula is C13H12BrNO2S2. The summed E-state index contributed by atoms with van der Waals surface area (Å²) in [7, 11) is 0. The lowest BCUT2D eigenvalue weighted by atomic mass is 10.2. The zero-order valence-corrected chi connectivity index (χ0v) is 13.5. The predicted octanol–water partition coefficient (Wildman–Crippen LogP) is 4.16. The molecule has 2 aromatic rings. The van der Waals surface area contributed by atoms with E-state index in [4.69, 9.17) is 17.0 Å². The Balaban J connectivity index is 1.90. The van der Waals surface area contributed by atoms with Crippen molar-refractivity contribution in [2.45, 2.75) is 20.0 Å². The lowest BCUT2D eigenvalue weighted by Gasteiger charge is -2.04. The minimum absolute atomic E-state index is 0.240. The summed E-state index contributed by atoms with van der Waals surface area (Å²) in [6.45, 7) is 2.20. The summed E-state index contributed by atoms with van der Waals surface area (Å²) >= 11 is 9.81. The third-order valence-electron chi connectivity index (χ3n) is 2.54. The van der Waals surface area contributed by atoms with Crippen molar-refractivity contribution in [3.8, 4) is 0 Å². The van der Waals surface area contributed by atoms with Crippen LogP contribution in [-0.2, 0) is 22.6 Å². The summed E-state index contributed by atoms with van der Waals surface area (Å²) in [6.07, 6.45) is 0.264. The molecule has 2 rings (SSSR count). The molecule has 0 aliphatic carbocycles. The van der Waals surface area contributed by atoms with Crippen LogP contribution in [0.2, 0.25) is 0 Å². The van der Waals surface area contributed by atoms with Crippen molar-refractivity contribution in [1.82, 2.24) is 4.98 Å². The van der Waals surface area contributed by atoms with Gasteiger partial charge in [0, 0.05) is 15.0 Å². The van der Waals surface area contributed by atoms with Crippen molar-refractivity contribution in [1.29, 1.82) is 0 Å². The summed E-state index contributed by atoms with van der Waals surface area (Å²) in [6, 6.07) is 7.68. The number of benzene rings is 1. The van der Waals surface area contributed by atoms with Crippen LogP contribution >= 0.6 is 39.5 Å². The van der Waals surface area contributed by atoms with Crippen LogP contribution in [0.3, 0.4) is 0 Å². The van der Waals surface area contributed by atoms with Gasteiger partial charge >= 0.3 is 5.97 Å². The average Bonchev–Trinajstić information content (AvgIpc) is 2.67. The van der Waals surface area contributed by atoms with Gasteiger partial charge in [0.2, 0.25) is 0 Å². The first-order chi connectivity index (χ1) is 9.04. The smallest absolute Gasteiger partial charge is 0.311 e. The van der Waals surface area contributed by atoms with Crippen molar-refractivity contribution >= 4 is 45.5 Å². The molecular weight excluding hydrogens is 346 g/mol. The van der Waals surface area contributed by atoms with E-state index in [1.54, 1.807) is 0 Å². The highest BCUT2D eigenvalue weighted by molar-refractivity contribution is 9.10. The lowest BCUT2D eigenvalue weighted by molar-refractivity contribution is -0.144. The molecule has 0 unspecified atom stereocenters. The van der Waals surface area contributed by atoms with Gasteiger partial charge in [0.05, 0.1) is 6.42 Å². The SMILES string of the molecule is Cc1[nH]c(=S)sc1CC(=O)OCc1ccc(Br)cc1. The van der Waals surface area contributed by atoms with Crippen molar-refractivity contribution in [3.63, 3.8) is 0 Å². The first-order valence-electron chi connectivity index (χ1n) is 5.63. The summed E-state index contributed by atoms with van der Waals surface area (Å²) < 4.78 is 6.93. The molecule has 0 amide bonds. The van der Waals surface area contributed by atoms with E-state index in [1.807, 2.05) is 31.2 Å². The number of aromatic amines is 1. The predicted molar refractivity (Wildman–Crippen MR) is 81.9 cm³/mol. The van der Waals surface area contributed by atoms with Crippen LogP contribution in [-0.4, -0.2) is 11.0 Å². The molecule has 6 heteroatoms. The number of thiazole rings is 1. The molecule has 0 atom stereocenters. The van der Waals surface area contributed by atoms with E-state index < -0.39 is 0 Å². The Hall–Kier alpha value is -0.980. The number of halogens is 1.